The highest BCUT2D eigenvalue weighted by molar-refractivity contribution is 7.16. The maximum Gasteiger partial charge on any atom is 0.252 e. The predicted molar refractivity (Wildman–Crippen MR) is 106 cm³/mol. The molecule has 0 aliphatic carbocycles. The molecule has 0 saturated heterocycles. The summed E-state index contributed by atoms with van der Waals surface area (Å²) in [6.45, 7) is 5.32. The van der Waals surface area contributed by atoms with E-state index in [1.54, 1.807) is 13.2 Å². The fraction of sp³-hybridized carbons (Fsp3) is 0.333. The van der Waals surface area contributed by atoms with E-state index in [0.717, 1.165) is 15.8 Å². The van der Waals surface area contributed by atoms with Crippen molar-refractivity contribution in [2.24, 2.45) is 4.99 Å². The van der Waals surface area contributed by atoms with Crippen molar-refractivity contribution in [3.8, 4) is 0 Å². The van der Waals surface area contributed by atoms with E-state index in [1.165, 1.54) is 29.0 Å². The van der Waals surface area contributed by atoms with Gasteiger partial charge in [-0.25, -0.2) is 4.39 Å². The first-order valence-corrected chi connectivity index (χ1v) is 9.74. The molecule has 3 rings (SSSR count). The number of amides is 1. The molecule has 0 aliphatic rings. The number of rotatable bonds is 6. The van der Waals surface area contributed by atoms with Gasteiger partial charge in [0.05, 0.1) is 23.2 Å². The quantitative estimate of drug-likeness (QED) is 0.635. The highest BCUT2D eigenvalue weighted by atomic mass is 32.1. The molecule has 142 valence electrons. The van der Waals surface area contributed by atoms with Crippen molar-refractivity contribution in [2.75, 3.05) is 13.7 Å². The SMILES string of the molecule is COCCn1c(=NC(=O)Cc2ccc(C(C)C)cc2)sc2cc(F)ccc21. The first-order chi connectivity index (χ1) is 13.0. The van der Waals surface area contributed by atoms with E-state index in [4.69, 9.17) is 4.74 Å². The summed E-state index contributed by atoms with van der Waals surface area (Å²) in [5.74, 6) is -0.0608. The van der Waals surface area contributed by atoms with Gasteiger partial charge in [-0.15, -0.1) is 0 Å². The second-order valence-corrected chi connectivity index (χ2v) is 7.73. The Hall–Kier alpha value is -2.31. The van der Waals surface area contributed by atoms with Gasteiger partial charge in [0.1, 0.15) is 5.82 Å². The Kier molecular flexibility index (Phi) is 6.19. The van der Waals surface area contributed by atoms with Crippen molar-refractivity contribution in [1.29, 1.82) is 0 Å². The molecule has 0 radical (unpaired) electrons. The Balaban J connectivity index is 1.90. The summed E-state index contributed by atoms with van der Waals surface area (Å²) in [6, 6.07) is 12.6. The number of aromatic nitrogens is 1. The zero-order valence-electron chi connectivity index (χ0n) is 15.7. The average Bonchev–Trinajstić information content (AvgIpc) is 2.96. The monoisotopic (exact) mass is 386 g/mol. The standard InChI is InChI=1S/C21H23FN2O2S/c1-14(2)16-6-4-15(5-7-16)12-20(25)23-21-24(10-11-26-3)18-9-8-17(22)13-19(18)27-21/h4-9,13-14H,10-12H2,1-3H3. The number of carbonyl (C=O) groups excluding carboxylic acids is 1. The second kappa shape index (κ2) is 8.59. The summed E-state index contributed by atoms with van der Waals surface area (Å²) < 4.78 is 21.4. The van der Waals surface area contributed by atoms with Gasteiger partial charge >= 0.3 is 0 Å². The topological polar surface area (TPSA) is 43.6 Å². The number of fused-ring (bicyclic) bond motifs is 1. The molecule has 0 unspecified atom stereocenters. The normalized spacial score (nSPS) is 12.3. The number of ether oxygens (including phenoxy) is 1. The first-order valence-electron chi connectivity index (χ1n) is 8.92. The molecule has 0 spiro atoms. The van der Waals surface area contributed by atoms with Crippen LogP contribution in [0.5, 0.6) is 0 Å². The van der Waals surface area contributed by atoms with Gasteiger partial charge in [0.25, 0.3) is 5.91 Å². The van der Waals surface area contributed by atoms with Crippen LogP contribution in [0.25, 0.3) is 10.2 Å². The number of hydrogen-bond acceptors (Lipinski definition) is 3. The summed E-state index contributed by atoms with van der Waals surface area (Å²) in [6.07, 6.45) is 0.241. The van der Waals surface area contributed by atoms with Crippen LogP contribution in [0.2, 0.25) is 0 Å². The molecule has 6 heteroatoms. The van der Waals surface area contributed by atoms with Gasteiger partial charge < -0.3 is 9.30 Å². The molecule has 0 N–H and O–H groups in total. The van der Waals surface area contributed by atoms with E-state index < -0.39 is 0 Å². The van der Waals surface area contributed by atoms with Crippen LogP contribution in [0, 0.1) is 5.82 Å². The van der Waals surface area contributed by atoms with Gasteiger partial charge in [-0.2, -0.15) is 4.99 Å². The lowest BCUT2D eigenvalue weighted by Gasteiger charge is -2.06. The minimum atomic E-state index is -0.300. The zero-order chi connectivity index (χ0) is 19.4. The van der Waals surface area contributed by atoms with Crippen LogP contribution in [0.3, 0.4) is 0 Å². The Labute approximate surface area is 161 Å². The molecule has 0 atom stereocenters. The third kappa shape index (κ3) is 4.70. The zero-order valence-corrected chi connectivity index (χ0v) is 16.6. The van der Waals surface area contributed by atoms with Crippen molar-refractivity contribution >= 4 is 27.5 Å². The number of halogens is 1. The van der Waals surface area contributed by atoms with Crippen LogP contribution in [0.4, 0.5) is 4.39 Å². The van der Waals surface area contributed by atoms with Gasteiger partial charge in [-0.3, -0.25) is 4.79 Å². The van der Waals surface area contributed by atoms with Crippen molar-refractivity contribution in [1.82, 2.24) is 4.57 Å². The van der Waals surface area contributed by atoms with Crippen LogP contribution >= 0.6 is 11.3 Å². The third-order valence-corrected chi connectivity index (χ3v) is 5.43. The molecule has 0 fully saturated rings. The summed E-state index contributed by atoms with van der Waals surface area (Å²) in [7, 11) is 1.62. The van der Waals surface area contributed by atoms with Crippen molar-refractivity contribution in [3.63, 3.8) is 0 Å². The molecule has 4 nitrogen and oxygen atoms in total. The maximum absolute atomic E-state index is 13.5. The Morgan fingerprint density at radius 1 is 1.22 bits per heavy atom. The van der Waals surface area contributed by atoms with Crippen LogP contribution in [-0.2, 0) is 22.5 Å². The molecule has 0 saturated carbocycles. The van der Waals surface area contributed by atoms with Gasteiger partial charge in [0.15, 0.2) is 4.80 Å². The summed E-state index contributed by atoms with van der Waals surface area (Å²) in [4.78, 5) is 17.4. The minimum Gasteiger partial charge on any atom is -0.383 e. The smallest absolute Gasteiger partial charge is 0.252 e. The minimum absolute atomic E-state index is 0.217. The number of nitrogens with zero attached hydrogens (tertiary/aromatic N) is 2. The predicted octanol–water partition coefficient (Wildman–Crippen LogP) is 4.28. The largest absolute Gasteiger partial charge is 0.383 e. The van der Waals surface area contributed by atoms with Gasteiger partial charge in [-0.05, 0) is 35.2 Å². The van der Waals surface area contributed by atoms with Crippen LogP contribution in [0.1, 0.15) is 30.9 Å². The molecule has 3 aromatic rings. The number of thiazole rings is 1. The lowest BCUT2D eigenvalue weighted by atomic mass is 10.0. The van der Waals surface area contributed by atoms with E-state index >= 15 is 0 Å². The van der Waals surface area contributed by atoms with Crippen LogP contribution < -0.4 is 4.80 Å². The molecule has 0 bridgehead atoms. The lowest BCUT2D eigenvalue weighted by Crippen LogP contribution is -2.19. The lowest BCUT2D eigenvalue weighted by molar-refractivity contribution is -0.117. The molecule has 0 aliphatic heterocycles. The molecule has 2 aromatic carbocycles. The fourth-order valence-corrected chi connectivity index (χ4v) is 3.97. The molecule has 1 heterocycles. The Morgan fingerprint density at radius 2 is 1.96 bits per heavy atom. The molecular formula is C21H23FN2O2S. The third-order valence-electron chi connectivity index (χ3n) is 4.39. The Bertz CT molecular complexity index is 1000. The van der Waals surface area contributed by atoms with Crippen LogP contribution in [0.15, 0.2) is 47.5 Å². The number of methoxy groups -OCH3 is 1. The van der Waals surface area contributed by atoms with E-state index in [1.807, 2.05) is 28.8 Å². The van der Waals surface area contributed by atoms with Gasteiger partial charge in [-0.1, -0.05) is 49.4 Å². The number of benzene rings is 2. The molecule has 27 heavy (non-hydrogen) atoms. The molecule has 1 amide bonds. The van der Waals surface area contributed by atoms with Gasteiger partial charge in [0.2, 0.25) is 0 Å². The van der Waals surface area contributed by atoms with Crippen LogP contribution in [-0.4, -0.2) is 24.2 Å². The van der Waals surface area contributed by atoms with E-state index in [9.17, 15) is 9.18 Å². The van der Waals surface area contributed by atoms with E-state index in [0.29, 0.717) is 23.9 Å². The summed E-state index contributed by atoms with van der Waals surface area (Å²) in [5.41, 5.74) is 3.03. The van der Waals surface area contributed by atoms with Crippen molar-refractivity contribution in [2.45, 2.75) is 32.7 Å². The highest BCUT2D eigenvalue weighted by Crippen LogP contribution is 2.19. The highest BCUT2D eigenvalue weighted by Gasteiger charge is 2.10. The molecule has 1 aromatic heterocycles. The van der Waals surface area contributed by atoms with Crippen molar-refractivity contribution in [3.05, 3.63) is 64.2 Å². The Morgan fingerprint density at radius 3 is 2.63 bits per heavy atom. The fourth-order valence-electron chi connectivity index (χ4n) is 2.87. The van der Waals surface area contributed by atoms with Crippen molar-refractivity contribution < 1.29 is 13.9 Å². The first kappa shape index (κ1) is 19.5. The summed E-state index contributed by atoms with van der Waals surface area (Å²) in [5, 5.41) is 0. The maximum atomic E-state index is 13.5. The van der Waals surface area contributed by atoms with Gasteiger partial charge in [0, 0.05) is 13.7 Å². The number of carbonyl (C=O) groups is 1. The number of hydrogen-bond donors (Lipinski definition) is 0. The van der Waals surface area contributed by atoms with E-state index in [-0.39, 0.29) is 18.1 Å². The summed E-state index contributed by atoms with van der Waals surface area (Å²) >= 11 is 1.31. The average molecular weight is 386 g/mol. The second-order valence-electron chi connectivity index (χ2n) is 6.72. The van der Waals surface area contributed by atoms with E-state index in [2.05, 4.69) is 18.8 Å². The molecular weight excluding hydrogens is 363 g/mol.